The van der Waals surface area contributed by atoms with Crippen LogP contribution in [0.2, 0.25) is 0 Å². The highest BCUT2D eigenvalue weighted by molar-refractivity contribution is 7.09. The van der Waals surface area contributed by atoms with Crippen LogP contribution < -0.4 is 5.32 Å². The van der Waals surface area contributed by atoms with Crippen LogP contribution in [0.15, 0.2) is 9.90 Å². The molecular weight excluding hydrogens is 248 g/mol. The standard InChI is InChI=1S/C12H18N4OS/c1-8-14-10(17-16-8)5-13-6-11-15-9(7-18-11)12(2,3)4/h7,13H,5-6H2,1-4H3. The van der Waals surface area contributed by atoms with Crippen LogP contribution in [0.3, 0.4) is 0 Å². The molecule has 0 bridgehead atoms. The van der Waals surface area contributed by atoms with Gasteiger partial charge in [-0.3, -0.25) is 0 Å². The summed E-state index contributed by atoms with van der Waals surface area (Å²) in [6, 6.07) is 0. The van der Waals surface area contributed by atoms with E-state index in [1.807, 2.05) is 6.92 Å². The summed E-state index contributed by atoms with van der Waals surface area (Å²) in [4.78, 5) is 8.74. The lowest BCUT2D eigenvalue weighted by molar-refractivity contribution is 0.364. The van der Waals surface area contributed by atoms with Crippen LogP contribution in [0.25, 0.3) is 0 Å². The van der Waals surface area contributed by atoms with Crippen molar-refractivity contribution in [1.29, 1.82) is 0 Å². The Hall–Kier alpha value is -1.27. The van der Waals surface area contributed by atoms with Crippen LogP contribution in [-0.2, 0) is 18.5 Å². The fourth-order valence-electron chi connectivity index (χ4n) is 1.42. The van der Waals surface area contributed by atoms with Gasteiger partial charge < -0.3 is 9.84 Å². The molecule has 0 aliphatic rings. The molecule has 18 heavy (non-hydrogen) atoms. The lowest BCUT2D eigenvalue weighted by atomic mass is 9.93. The highest BCUT2D eigenvalue weighted by Gasteiger charge is 2.17. The van der Waals surface area contributed by atoms with Gasteiger partial charge in [0.15, 0.2) is 5.82 Å². The zero-order valence-electron chi connectivity index (χ0n) is 11.1. The molecule has 0 amide bonds. The van der Waals surface area contributed by atoms with Crippen molar-refractivity contribution in [3.63, 3.8) is 0 Å². The number of rotatable bonds is 4. The molecule has 0 radical (unpaired) electrons. The van der Waals surface area contributed by atoms with Gasteiger partial charge in [-0.1, -0.05) is 25.9 Å². The molecule has 2 aromatic heterocycles. The largest absolute Gasteiger partial charge is 0.338 e. The summed E-state index contributed by atoms with van der Waals surface area (Å²) in [6.45, 7) is 9.61. The van der Waals surface area contributed by atoms with Gasteiger partial charge in [0.1, 0.15) is 5.01 Å². The summed E-state index contributed by atoms with van der Waals surface area (Å²) in [5.41, 5.74) is 1.25. The molecule has 0 spiro atoms. The quantitative estimate of drug-likeness (QED) is 0.920. The molecular formula is C12H18N4OS. The van der Waals surface area contributed by atoms with Gasteiger partial charge in [0, 0.05) is 17.3 Å². The Balaban J connectivity index is 1.85. The van der Waals surface area contributed by atoms with Crippen molar-refractivity contribution < 1.29 is 4.52 Å². The second-order valence-corrected chi connectivity index (χ2v) is 6.16. The first-order valence-corrected chi connectivity index (χ1v) is 6.78. The Kier molecular flexibility index (Phi) is 3.77. The zero-order valence-corrected chi connectivity index (χ0v) is 12.0. The summed E-state index contributed by atoms with van der Waals surface area (Å²) < 4.78 is 5.02. The van der Waals surface area contributed by atoms with Gasteiger partial charge in [-0.05, 0) is 6.92 Å². The molecule has 5 nitrogen and oxygen atoms in total. The van der Waals surface area contributed by atoms with E-state index in [9.17, 15) is 0 Å². The predicted molar refractivity (Wildman–Crippen MR) is 70.4 cm³/mol. The number of nitrogens with zero attached hydrogens (tertiary/aromatic N) is 3. The number of aromatic nitrogens is 3. The molecule has 0 unspecified atom stereocenters. The van der Waals surface area contributed by atoms with E-state index in [-0.39, 0.29) is 5.41 Å². The zero-order chi connectivity index (χ0) is 13.2. The minimum atomic E-state index is 0.109. The van der Waals surface area contributed by atoms with E-state index < -0.39 is 0 Å². The molecule has 0 saturated heterocycles. The Bertz CT molecular complexity index is 512. The molecule has 6 heteroatoms. The summed E-state index contributed by atoms with van der Waals surface area (Å²) in [5, 5.41) is 10.2. The second kappa shape index (κ2) is 5.16. The molecule has 2 aromatic rings. The van der Waals surface area contributed by atoms with Gasteiger partial charge in [-0.2, -0.15) is 4.98 Å². The van der Waals surface area contributed by atoms with Crippen LogP contribution >= 0.6 is 11.3 Å². The van der Waals surface area contributed by atoms with E-state index in [0.29, 0.717) is 18.3 Å². The van der Waals surface area contributed by atoms with Crippen LogP contribution in [0.5, 0.6) is 0 Å². The van der Waals surface area contributed by atoms with Crippen molar-refractivity contribution in [2.75, 3.05) is 0 Å². The van der Waals surface area contributed by atoms with Gasteiger partial charge >= 0.3 is 0 Å². The second-order valence-electron chi connectivity index (χ2n) is 5.22. The highest BCUT2D eigenvalue weighted by Crippen LogP contribution is 2.23. The fourth-order valence-corrected chi connectivity index (χ4v) is 2.42. The van der Waals surface area contributed by atoms with Crippen molar-refractivity contribution >= 4 is 11.3 Å². The van der Waals surface area contributed by atoms with Crippen LogP contribution in [0.4, 0.5) is 0 Å². The highest BCUT2D eigenvalue weighted by atomic mass is 32.1. The van der Waals surface area contributed by atoms with Crippen molar-refractivity contribution in [2.45, 2.75) is 46.2 Å². The van der Waals surface area contributed by atoms with Crippen molar-refractivity contribution in [1.82, 2.24) is 20.4 Å². The van der Waals surface area contributed by atoms with Crippen LogP contribution in [-0.4, -0.2) is 15.1 Å². The lowest BCUT2D eigenvalue weighted by Crippen LogP contribution is -2.14. The SMILES string of the molecule is Cc1noc(CNCc2nc(C(C)(C)C)cs2)n1. The maximum Gasteiger partial charge on any atom is 0.240 e. The molecule has 0 aliphatic heterocycles. The maximum absolute atomic E-state index is 5.02. The molecule has 0 saturated carbocycles. The fraction of sp³-hybridized carbons (Fsp3) is 0.583. The average molecular weight is 266 g/mol. The summed E-state index contributed by atoms with van der Waals surface area (Å²) in [6.07, 6.45) is 0. The van der Waals surface area contributed by atoms with Gasteiger partial charge in [0.25, 0.3) is 0 Å². The van der Waals surface area contributed by atoms with E-state index in [2.05, 4.69) is 46.6 Å². The Morgan fingerprint density at radius 3 is 2.61 bits per heavy atom. The molecule has 0 fully saturated rings. The average Bonchev–Trinajstić information content (AvgIpc) is 2.87. The van der Waals surface area contributed by atoms with Gasteiger partial charge in [0.2, 0.25) is 5.89 Å². The third-order valence-corrected chi connectivity index (χ3v) is 3.29. The monoisotopic (exact) mass is 266 g/mol. The molecule has 1 N–H and O–H groups in total. The topological polar surface area (TPSA) is 63.8 Å². The normalized spacial score (nSPS) is 12.0. The van der Waals surface area contributed by atoms with E-state index >= 15 is 0 Å². The third kappa shape index (κ3) is 3.36. The number of hydrogen-bond acceptors (Lipinski definition) is 6. The number of hydrogen-bond donors (Lipinski definition) is 1. The lowest BCUT2D eigenvalue weighted by Gasteiger charge is -2.14. The van der Waals surface area contributed by atoms with Crippen molar-refractivity contribution in [3.8, 4) is 0 Å². The van der Waals surface area contributed by atoms with E-state index in [1.54, 1.807) is 11.3 Å². The summed E-state index contributed by atoms with van der Waals surface area (Å²) in [7, 11) is 0. The summed E-state index contributed by atoms with van der Waals surface area (Å²) >= 11 is 1.68. The van der Waals surface area contributed by atoms with Crippen molar-refractivity contribution in [2.24, 2.45) is 0 Å². The van der Waals surface area contributed by atoms with E-state index in [1.165, 1.54) is 0 Å². The Morgan fingerprint density at radius 2 is 2.06 bits per heavy atom. The van der Waals surface area contributed by atoms with Gasteiger partial charge in [-0.25, -0.2) is 4.98 Å². The minimum Gasteiger partial charge on any atom is -0.338 e. The maximum atomic E-state index is 5.02. The first kappa shape index (κ1) is 13.2. The van der Waals surface area contributed by atoms with Gasteiger partial charge in [-0.15, -0.1) is 11.3 Å². The smallest absolute Gasteiger partial charge is 0.240 e. The first-order chi connectivity index (χ1) is 8.45. The Labute approximate surface area is 111 Å². The predicted octanol–water partition coefficient (Wildman–Crippen LogP) is 2.42. The first-order valence-electron chi connectivity index (χ1n) is 5.90. The van der Waals surface area contributed by atoms with Gasteiger partial charge in [0.05, 0.1) is 12.2 Å². The van der Waals surface area contributed by atoms with Crippen molar-refractivity contribution in [3.05, 3.63) is 27.8 Å². The van der Waals surface area contributed by atoms with E-state index in [0.717, 1.165) is 17.2 Å². The molecule has 0 aliphatic carbocycles. The third-order valence-electron chi connectivity index (χ3n) is 2.44. The Morgan fingerprint density at radius 1 is 1.28 bits per heavy atom. The molecule has 2 heterocycles. The number of thiazole rings is 1. The number of nitrogens with one attached hydrogen (secondary N) is 1. The van der Waals surface area contributed by atoms with Crippen LogP contribution in [0, 0.1) is 6.92 Å². The summed E-state index contributed by atoms with van der Waals surface area (Å²) in [5.74, 6) is 1.27. The molecule has 0 atom stereocenters. The van der Waals surface area contributed by atoms with Crippen LogP contribution in [0.1, 0.15) is 43.2 Å². The minimum absolute atomic E-state index is 0.109. The number of aryl methyl sites for hydroxylation is 1. The molecule has 98 valence electrons. The molecule has 0 aromatic carbocycles. The van der Waals surface area contributed by atoms with E-state index in [4.69, 9.17) is 4.52 Å². The molecule has 2 rings (SSSR count).